The number of nitrogens with one attached hydrogen (secondary N) is 1. The van der Waals surface area contributed by atoms with Crippen LogP contribution in [-0.4, -0.2) is 53.9 Å². The van der Waals surface area contributed by atoms with Gasteiger partial charge in [0.15, 0.2) is 0 Å². The van der Waals surface area contributed by atoms with Gasteiger partial charge in [0.25, 0.3) is 0 Å². The van der Waals surface area contributed by atoms with E-state index in [1.54, 1.807) is 30.3 Å². The van der Waals surface area contributed by atoms with Gasteiger partial charge < -0.3 is 24.8 Å². The Morgan fingerprint density at radius 3 is 2.37 bits per heavy atom. The lowest BCUT2D eigenvalue weighted by molar-refractivity contribution is -0.169. The molecule has 3 aromatic rings. The second kappa shape index (κ2) is 11.7. The van der Waals surface area contributed by atoms with E-state index >= 15 is 0 Å². The van der Waals surface area contributed by atoms with Gasteiger partial charge in [-0.2, -0.15) is 0 Å². The molecule has 0 spiro atoms. The molecule has 7 nitrogen and oxygen atoms in total. The molecule has 1 unspecified atom stereocenters. The minimum atomic E-state index is -1.95. The van der Waals surface area contributed by atoms with Gasteiger partial charge in [0.1, 0.15) is 11.7 Å². The summed E-state index contributed by atoms with van der Waals surface area (Å²) in [6.07, 6.45) is 0.783. The number of amides is 1. The Labute approximate surface area is 228 Å². The van der Waals surface area contributed by atoms with Crippen LogP contribution in [0.5, 0.6) is 0 Å². The second-order valence-electron chi connectivity index (χ2n) is 10.7. The molecule has 2 heterocycles. The van der Waals surface area contributed by atoms with Crippen molar-refractivity contribution in [1.82, 2.24) is 10.2 Å². The van der Waals surface area contributed by atoms with E-state index in [2.05, 4.69) is 10.2 Å². The summed E-state index contributed by atoms with van der Waals surface area (Å²) in [5.74, 6) is -0.663. The Morgan fingerprint density at radius 2 is 1.68 bits per heavy atom. The van der Waals surface area contributed by atoms with Crippen molar-refractivity contribution < 1.29 is 24.2 Å². The predicted molar refractivity (Wildman–Crippen MR) is 149 cm³/mol. The molecule has 0 bridgehead atoms. The zero-order valence-electron chi connectivity index (χ0n) is 22.4. The first-order valence-electron chi connectivity index (χ1n) is 12.9. The Morgan fingerprint density at radius 1 is 1.00 bits per heavy atom. The predicted octanol–water partition coefficient (Wildman–Crippen LogP) is 5.31. The number of rotatable bonds is 7. The molecule has 1 fully saturated rings. The van der Waals surface area contributed by atoms with Crippen LogP contribution in [0.25, 0.3) is 10.4 Å². The first-order chi connectivity index (χ1) is 18.0. The van der Waals surface area contributed by atoms with E-state index in [1.165, 1.54) is 11.3 Å². The van der Waals surface area contributed by atoms with E-state index in [1.807, 2.05) is 64.2 Å². The van der Waals surface area contributed by atoms with Crippen LogP contribution in [0.15, 0.2) is 66.7 Å². The first-order valence-corrected chi connectivity index (χ1v) is 13.7. The van der Waals surface area contributed by atoms with Gasteiger partial charge in [0.05, 0.1) is 6.54 Å². The van der Waals surface area contributed by atoms with Crippen molar-refractivity contribution >= 4 is 23.4 Å². The molecule has 38 heavy (non-hydrogen) atoms. The molecule has 4 rings (SSSR count). The average Bonchev–Trinajstić information content (AvgIpc) is 3.37. The number of carbonyl (C=O) groups excluding carboxylic acids is 2. The largest absolute Gasteiger partial charge is 0.460 e. The van der Waals surface area contributed by atoms with E-state index in [0.29, 0.717) is 17.7 Å². The monoisotopic (exact) mass is 536 g/mol. The minimum absolute atomic E-state index is 0.227. The van der Waals surface area contributed by atoms with E-state index < -0.39 is 23.3 Å². The highest BCUT2D eigenvalue weighted by Gasteiger charge is 2.43. The maximum absolute atomic E-state index is 13.6. The molecule has 1 aliphatic heterocycles. The SMILES string of the molecule is CN1CCC(OC(=O)C(O)(c2ccccc2)c2cccc(-c3ccc(CNC(=O)OC(C)(C)C)s3)c2)CC1. The van der Waals surface area contributed by atoms with Crippen LogP contribution in [0, 0.1) is 0 Å². The molecule has 2 N–H and O–H groups in total. The van der Waals surface area contributed by atoms with Crippen LogP contribution in [0.2, 0.25) is 0 Å². The Bertz CT molecular complexity index is 1240. The molecule has 0 aliphatic carbocycles. The summed E-state index contributed by atoms with van der Waals surface area (Å²) in [6, 6.07) is 20.2. The zero-order chi connectivity index (χ0) is 27.3. The maximum Gasteiger partial charge on any atom is 0.407 e. The number of piperidine rings is 1. The number of hydrogen-bond donors (Lipinski definition) is 2. The van der Waals surface area contributed by atoms with Crippen LogP contribution < -0.4 is 5.32 Å². The van der Waals surface area contributed by atoms with Gasteiger partial charge in [0.2, 0.25) is 5.60 Å². The summed E-state index contributed by atoms with van der Waals surface area (Å²) >= 11 is 1.53. The molecule has 1 aliphatic rings. The fourth-order valence-corrected chi connectivity index (χ4v) is 5.36. The van der Waals surface area contributed by atoms with Gasteiger partial charge in [-0.1, -0.05) is 48.5 Å². The number of ether oxygens (including phenoxy) is 2. The third kappa shape index (κ3) is 6.81. The smallest absolute Gasteiger partial charge is 0.407 e. The summed E-state index contributed by atoms with van der Waals surface area (Å²) in [7, 11) is 2.05. The highest BCUT2D eigenvalue weighted by molar-refractivity contribution is 7.15. The third-order valence-electron chi connectivity index (χ3n) is 6.46. The second-order valence-corrected chi connectivity index (χ2v) is 11.9. The Balaban J connectivity index is 1.56. The molecular formula is C30H36N2O5S. The first kappa shape index (κ1) is 27.8. The molecule has 2 aromatic carbocycles. The van der Waals surface area contributed by atoms with Gasteiger partial charge in [-0.15, -0.1) is 11.3 Å². The molecule has 1 aromatic heterocycles. The fourth-order valence-electron chi connectivity index (χ4n) is 4.42. The molecular weight excluding hydrogens is 500 g/mol. The van der Waals surface area contributed by atoms with Crippen molar-refractivity contribution in [1.29, 1.82) is 0 Å². The van der Waals surface area contributed by atoms with Crippen LogP contribution in [0.1, 0.15) is 49.6 Å². The number of carbonyl (C=O) groups is 2. The van der Waals surface area contributed by atoms with Crippen LogP contribution in [-0.2, 0) is 26.4 Å². The summed E-state index contributed by atoms with van der Waals surface area (Å²) in [5, 5.41) is 14.8. The van der Waals surface area contributed by atoms with Crippen LogP contribution >= 0.6 is 11.3 Å². The average molecular weight is 537 g/mol. The van der Waals surface area contributed by atoms with Crippen LogP contribution in [0.3, 0.4) is 0 Å². The standard InChI is InChI=1S/C30H36N2O5S/c1-29(2,3)37-28(34)31-20-25-13-14-26(38-25)21-9-8-12-23(19-21)30(35,22-10-6-5-7-11-22)27(33)36-24-15-17-32(4)18-16-24/h5-14,19,24,35H,15-18,20H2,1-4H3,(H,31,34). The summed E-state index contributed by atoms with van der Waals surface area (Å²) in [4.78, 5) is 29.7. The van der Waals surface area contributed by atoms with E-state index in [0.717, 1.165) is 41.2 Å². The lowest BCUT2D eigenvalue weighted by Crippen LogP contribution is -2.43. The van der Waals surface area contributed by atoms with E-state index in [9.17, 15) is 14.7 Å². The highest BCUT2D eigenvalue weighted by atomic mass is 32.1. The maximum atomic E-state index is 13.6. The van der Waals surface area contributed by atoms with Crippen molar-refractivity contribution in [3.8, 4) is 10.4 Å². The zero-order valence-corrected chi connectivity index (χ0v) is 23.2. The van der Waals surface area contributed by atoms with Gasteiger partial charge in [-0.25, -0.2) is 9.59 Å². The molecule has 1 atom stereocenters. The molecule has 0 saturated carbocycles. The number of aliphatic hydroxyl groups is 1. The van der Waals surface area contributed by atoms with E-state index in [4.69, 9.17) is 9.47 Å². The highest BCUT2D eigenvalue weighted by Crippen LogP contribution is 2.36. The van der Waals surface area contributed by atoms with Crippen molar-refractivity contribution in [2.45, 2.75) is 57.5 Å². The number of nitrogens with zero attached hydrogens (tertiary/aromatic N) is 1. The normalized spacial score (nSPS) is 16.4. The van der Waals surface area contributed by atoms with Gasteiger partial charge >= 0.3 is 12.1 Å². The lowest BCUT2D eigenvalue weighted by Gasteiger charge is -2.33. The van der Waals surface area contributed by atoms with Gasteiger partial charge in [0, 0.05) is 28.4 Å². The third-order valence-corrected chi connectivity index (χ3v) is 7.59. The number of benzene rings is 2. The topological polar surface area (TPSA) is 88.1 Å². The summed E-state index contributed by atoms with van der Waals surface area (Å²) < 4.78 is 11.2. The lowest BCUT2D eigenvalue weighted by atomic mass is 9.85. The van der Waals surface area contributed by atoms with Crippen molar-refractivity contribution in [2.75, 3.05) is 20.1 Å². The molecule has 1 saturated heterocycles. The van der Waals surface area contributed by atoms with Crippen LogP contribution in [0.4, 0.5) is 4.79 Å². The van der Waals surface area contributed by atoms with Gasteiger partial charge in [-0.05, 0) is 70.0 Å². The Hall–Kier alpha value is -3.20. The summed E-state index contributed by atoms with van der Waals surface area (Å²) in [6.45, 7) is 7.51. The van der Waals surface area contributed by atoms with Crippen molar-refractivity contribution in [3.05, 3.63) is 82.7 Å². The summed E-state index contributed by atoms with van der Waals surface area (Å²) in [5.41, 5.74) is -0.740. The van der Waals surface area contributed by atoms with Crippen molar-refractivity contribution in [3.63, 3.8) is 0 Å². The number of thiophene rings is 1. The van der Waals surface area contributed by atoms with Crippen molar-refractivity contribution in [2.24, 2.45) is 0 Å². The quantitative estimate of drug-likeness (QED) is 0.398. The molecule has 1 amide bonds. The fraction of sp³-hybridized carbons (Fsp3) is 0.400. The number of alkyl carbamates (subject to hydrolysis) is 1. The van der Waals surface area contributed by atoms with Gasteiger partial charge in [-0.3, -0.25) is 0 Å². The minimum Gasteiger partial charge on any atom is -0.460 e. The number of hydrogen-bond acceptors (Lipinski definition) is 7. The molecule has 0 radical (unpaired) electrons. The molecule has 8 heteroatoms. The number of esters is 1. The number of likely N-dealkylation sites (tertiary alicyclic amines) is 1. The molecule has 202 valence electrons. The van der Waals surface area contributed by atoms with E-state index in [-0.39, 0.29) is 6.10 Å². The Kier molecular flexibility index (Phi) is 8.55.